The third-order valence-corrected chi connectivity index (χ3v) is 8.07. The van der Waals surface area contributed by atoms with Crippen molar-refractivity contribution in [2.24, 2.45) is 0 Å². The van der Waals surface area contributed by atoms with Crippen molar-refractivity contribution >= 4 is 29.0 Å². The van der Waals surface area contributed by atoms with Crippen molar-refractivity contribution in [3.05, 3.63) is 130 Å². The number of carbonyl (C=O) groups is 1. The Morgan fingerprint density at radius 2 is 1.58 bits per heavy atom. The predicted octanol–water partition coefficient (Wildman–Crippen LogP) is 8.00. The summed E-state index contributed by atoms with van der Waals surface area (Å²) in [4.78, 5) is 17.0. The Labute approximate surface area is 261 Å². The van der Waals surface area contributed by atoms with Crippen molar-refractivity contribution in [1.82, 2.24) is 9.55 Å². The molecule has 218 valence electrons. The zero-order valence-corrected chi connectivity index (χ0v) is 25.1. The van der Waals surface area contributed by atoms with E-state index in [0.29, 0.717) is 34.6 Å². The van der Waals surface area contributed by atoms with Crippen molar-refractivity contribution in [2.75, 3.05) is 12.3 Å². The fraction of sp³-hybridized carbons (Fsp3) is 0.105. The average Bonchev–Trinajstić information content (AvgIpc) is 3.57. The van der Waals surface area contributed by atoms with Gasteiger partial charge in [-0.05, 0) is 85.0 Å². The molecule has 2 N–H and O–H groups in total. The summed E-state index contributed by atoms with van der Waals surface area (Å²) in [5.74, 6) is -0.255. The first-order chi connectivity index (χ1) is 21.9. The number of nitrogen functional groups attached to an aromatic ring is 1. The summed E-state index contributed by atoms with van der Waals surface area (Å²) in [5.41, 5.74) is 16.5. The van der Waals surface area contributed by atoms with Gasteiger partial charge < -0.3 is 15.0 Å². The van der Waals surface area contributed by atoms with Gasteiger partial charge in [-0.1, -0.05) is 60.7 Å². The number of hydrogen-bond acceptors (Lipinski definition) is 6. The molecule has 3 aromatic carbocycles. The minimum Gasteiger partial charge on any atom is -0.462 e. The topological polar surface area (TPSA) is 118 Å². The first kappa shape index (κ1) is 28.9. The fourth-order valence-corrected chi connectivity index (χ4v) is 5.93. The van der Waals surface area contributed by atoms with Gasteiger partial charge >= 0.3 is 5.97 Å². The van der Waals surface area contributed by atoms with Gasteiger partial charge in [-0.25, -0.2) is 9.78 Å². The van der Waals surface area contributed by atoms with Crippen molar-refractivity contribution < 1.29 is 9.53 Å². The number of fused-ring (bicyclic) bond motifs is 1. The summed E-state index contributed by atoms with van der Waals surface area (Å²) in [6.07, 6.45) is 2.07. The number of aromatic nitrogens is 2. The maximum atomic E-state index is 12.4. The second-order valence-electron chi connectivity index (χ2n) is 10.7. The lowest BCUT2D eigenvalue weighted by atomic mass is 9.95. The number of hydrogen-bond donors (Lipinski definition) is 1. The van der Waals surface area contributed by atoms with Crippen LogP contribution in [0.5, 0.6) is 0 Å². The number of esters is 1. The smallest absolute Gasteiger partial charge is 0.338 e. The summed E-state index contributed by atoms with van der Waals surface area (Å²) in [6, 6.07) is 34.2. The van der Waals surface area contributed by atoms with Gasteiger partial charge in [0.2, 0.25) is 0 Å². The summed E-state index contributed by atoms with van der Waals surface area (Å²) in [5, 5.41) is 20.0. The molecule has 1 aliphatic carbocycles. The predicted molar refractivity (Wildman–Crippen MR) is 177 cm³/mol. The van der Waals surface area contributed by atoms with E-state index >= 15 is 0 Å². The van der Waals surface area contributed by atoms with E-state index in [-0.39, 0.29) is 11.8 Å². The van der Waals surface area contributed by atoms with Crippen LogP contribution in [0.15, 0.2) is 96.6 Å². The van der Waals surface area contributed by atoms with Gasteiger partial charge in [0.25, 0.3) is 0 Å². The van der Waals surface area contributed by atoms with E-state index in [1.165, 1.54) is 0 Å². The minimum atomic E-state index is -0.370. The highest BCUT2D eigenvalue weighted by Crippen LogP contribution is 2.46. The van der Waals surface area contributed by atoms with E-state index < -0.39 is 0 Å². The van der Waals surface area contributed by atoms with Crippen LogP contribution in [0.2, 0.25) is 0 Å². The van der Waals surface area contributed by atoms with Gasteiger partial charge in [-0.2, -0.15) is 10.5 Å². The molecule has 0 fully saturated rings. The SMILES string of the molecule is CCOC(=O)c1ccc(-n2c(-c3ccccc3)cc(/C=C3/C(C)=C(C#N)c4nc(N)c(C#N)c(C)c43)c2-c2ccccc2)cc1. The molecule has 0 bridgehead atoms. The molecule has 7 heteroatoms. The molecule has 1 aliphatic rings. The maximum Gasteiger partial charge on any atom is 0.338 e. The second-order valence-corrected chi connectivity index (χ2v) is 10.7. The van der Waals surface area contributed by atoms with Crippen molar-refractivity contribution in [1.29, 1.82) is 10.5 Å². The highest BCUT2D eigenvalue weighted by molar-refractivity contribution is 6.09. The number of pyridine rings is 1. The standard InChI is InChI=1S/C38H29N5O2/c1-4-45-38(44)27-15-17-29(18-16-27)43-33(25-11-7-5-8-12-25)20-28(36(43)26-13-9-6-10-14-26)19-30-23(2)31(21-39)35-34(30)24(3)32(22-40)37(41)42-35/h5-20H,4H2,1-3H3,(H2,41,42)/b30-19-. The number of benzene rings is 3. The quantitative estimate of drug-likeness (QED) is 0.201. The molecular formula is C38H29N5O2. The van der Waals surface area contributed by atoms with E-state index in [4.69, 9.17) is 10.5 Å². The molecule has 7 nitrogen and oxygen atoms in total. The van der Waals surface area contributed by atoms with Gasteiger partial charge in [0.05, 0.1) is 40.4 Å². The summed E-state index contributed by atoms with van der Waals surface area (Å²) in [6.45, 7) is 5.83. The molecular weight excluding hydrogens is 558 g/mol. The highest BCUT2D eigenvalue weighted by atomic mass is 16.5. The summed E-state index contributed by atoms with van der Waals surface area (Å²) < 4.78 is 7.40. The Balaban J connectivity index is 1.67. The van der Waals surface area contributed by atoms with Crippen LogP contribution in [0.25, 0.3) is 45.4 Å². The molecule has 2 aromatic heterocycles. The molecule has 0 saturated heterocycles. The zero-order chi connectivity index (χ0) is 31.7. The van der Waals surface area contributed by atoms with Gasteiger partial charge in [-0.15, -0.1) is 0 Å². The first-order valence-corrected chi connectivity index (χ1v) is 14.6. The number of allylic oxidation sites excluding steroid dienone is 3. The Bertz CT molecular complexity index is 2110. The molecule has 0 unspecified atom stereocenters. The Morgan fingerprint density at radius 1 is 0.933 bits per heavy atom. The first-order valence-electron chi connectivity index (χ1n) is 14.6. The maximum absolute atomic E-state index is 12.4. The molecule has 45 heavy (non-hydrogen) atoms. The number of ether oxygens (including phenoxy) is 1. The van der Waals surface area contributed by atoms with Gasteiger partial charge in [-0.3, -0.25) is 0 Å². The van der Waals surface area contributed by atoms with Crippen molar-refractivity contribution in [3.8, 4) is 40.3 Å². The Kier molecular flexibility index (Phi) is 7.61. The van der Waals surface area contributed by atoms with Crippen LogP contribution < -0.4 is 5.73 Å². The van der Waals surface area contributed by atoms with Crippen LogP contribution in [0, 0.1) is 29.6 Å². The molecule has 0 radical (unpaired) electrons. The van der Waals surface area contributed by atoms with Crippen LogP contribution in [0.4, 0.5) is 5.82 Å². The average molecular weight is 588 g/mol. The number of rotatable bonds is 6. The lowest BCUT2D eigenvalue weighted by Gasteiger charge is -2.16. The molecule has 6 rings (SSSR count). The van der Waals surface area contributed by atoms with Crippen molar-refractivity contribution in [3.63, 3.8) is 0 Å². The number of anilines is 1. The molecule has 0 aliphatic heterocycles. The Morgan fingerprint density at radius 3 is 2.18 bits per heavy atom. The lowest BCUT2D eigenvalue weighted by molar-refractivity contribution is 0.0526. The van der Waals surface area contributed by atoms with Crippen molar-refractivity contribution in [2.45, 2.75) is 20.8 Å². The number of nitrogens with two attached hydrogens (primary N) is 1. The summed E-state index contributed by atoms with van der Waals surface area (Å²) >= 11 is 0. The number of nitriles is 2. The molecule has 0 spiro atoms. The highest BCUT2D eigenvalue weighted by Gasteiger charge is 2.30. The third kappa shape index (κ3) is 4.97. The largest absolute Gasteiger partial charge is 0.462 e. The summed E-state index contributed by atoms with van der Waals surface area (Å²) in [7, 11) is 0. The van der Waals surface area contributed by atoms with Crippen LogP contribution in [0.1, 0.15) is 52.2 Å². The lowest BCUT2D eigenvalue weighted by Crippen LogP contribution is -2.05. The fourth-order valence-electron chi connectivity index (χ4n) is 5.93. The van der Waals surface area contributed by atoms with E-state index in [9.17, 15) is 15.3 Å². The minimum absolute atomic E-state index is 0.115. The van der Waals surface area contributed by atoms with Gasteiger partial charge in [0.1, 0.15) is 18.0 Å². The Hall–Kier alpha value is -6.18. The molecule has 0 amide bonds. The van der Waals surface area contributed by atoms with E-state index in [0.717, 1.165) is 50.5 Å². The second kappa shape index (κ2) is 11.8. The van der Waals surface area contributed by atoms with Gasteiger partial charge in [0, 0.05) is 16.8 Å². The number of carbonyl (C=O) groups excluding carboxylic acids is 1. The van der Waals surface area contributed by atoms with Crippen LogP contribution in [0.3, 0.4) is 0 Å². The van der Waals surface area contributed by atoms with E-state index in [1.807, 2.05) is 62.4 Å². The van der Waals surface area contributed by atoms with E-state index in [2.05, 4.69) is 58.1 Å². The van der Waals surface area contributed by atoms with Crippen LogP contribution in [-0.2, 0) is 4.74 Å². The monoisotopic (exact) mass is 587 g/mol. The molecule has 5 aromatic rings. The normalized spacial score (nSPS) is 13.0. The van der Waals surface area contributed by atoms with E-state index in [1.54, 1.807) is 19.1 Å². The molecule has 0 saturated carbocycles. The zero-order valence-electron chi connectivity index (χ0n) is 25.1. The van der Waals surface area contributed by atoms with Crippen LogP contribution >= 0.6 is 0 Å². The van der Waals surface area contributed by atoms with Crippen LogP contribution in [-0.4, -0.2) is 22.1 Å². The van der Waals surface area contributed by atoms with Gasteiger partial charge in [0.15, 0.2) is 0 Å². The third-order valence-electron chi connectivity index (χ3n) is 8.07. The number of nitrogens with zero attached hydrogens (tertiary/aromatic N) is 4. The molecule has 0 atom stereocenters. The molecule has 2 heterocycles.